The van der Waals surface area contributed by atoms with Crippen LogP contribution in [0.15, 0.2) is 23.1 Å². The molecule has 0 aromatic heterocycles. The van der Waals surface area contributed by atoms with Crippen molar-refractivity contribution in [2.45, 2.75) is 17.4 Å². The number of hydrogen-bond donors (Lipinski definition) is 1. The second-order valence-electron chi connectivity index (χ2n) is 4.21. The predicted octanol–water partition coefficient (Wildman–Crippen LogP) is 0.947. The molecule has 1 saturated heterocycles. The summed E-state index contributed by atoms with van der Waals surface area (Å²) in [6.45, 7) is 0.727. The molecule has 100 valence electrons. The van der Waals surface area contributed by atoms with Gasteiger partial charge in [0.15, 0.2) is 11.6 Å². The van der Waals surface area contributed by atoms with Crippen molar-refractivity contribution in [2.24, 2.45) is 0 Å². The van der Waals surface area contributed by atoms with Crippen LogP contribution in [-0.2, 0) is 10.0 Å². The predicted molar refractivity (Wildman–Crippen MR) is 62.6 cm³/mol. The van der Waals surface area contributed by atoms with Crippen LogP contribution in [-0.4, -0.2) is 38.9 Å². The normalized spacial score (nSPS) is 21.4. The summed E-state index contributed by atoms with van der Waals surface area (Å²) in [5, 5.41) is 3.00. The zero-order valence-electron chi connectivity index (χ0n) is 9.86. The average molecular weight is 276 g/mol. The van der Waals surface area contributed by atoms with Gasteiger partial charge in [-0.3, -0.25) is 0 Å². The summed E-state index contributed by atoms with van der Waals surface area (Å²) >= 11 is 0. The van der Waals surface area contributed by atoms with Gasteiger partial charge >= 0.3 is 0 Å². The maximum absolute atomic E-state index is 13.1. The molecule has 1 heterocycles. The highest BCUT2D eigenvalue weighted by atomic mass is 32.2. The monoisotopic (exact) mass is 276 g/mol. The summed E-state index contributed by atoms with van der Waals surface area (Å²) in [5.74, 6) is -2.20. The fraction of sp³-hybridized carbons (Fsp3) is 0.455. The molecule has 0 bridgehead atoms. The van der Waals surface area contributed by atoms with Gasteiger partial charge in [0.2, 0.25) is 10.0 Å². The molecule has 1 aliphatic heterocycles. The van der Waals surface area contributed by atoms with Crippen molar-refractivity contribution in [3.63, 3.8) is 0 Å². The third kappa shape index (κ3) is 2.38. The lowest BCUT2D eigenvalue weighted by Crippen LogP contribution is -2.33. The zero-order chi connectivity index (χ0) is 13.3. The van der Waals surface area contributed by atoms with Gasteiger partial charge < -0.3 is 5.32 Å². The van der Waals surface area contributed by atoms with E-state index in [1.807, 2.05) is 0 Å². The third-order valence-corrected chi connectivity index (χ3v) is 4.95. The maximum atomic E-state index is 13.1. The van der Waals surface area contributed by atoms with E-state index in [0.29, 0.717) is 19.5 Å². The Kier molecular flexibility index (Phi) is 3.65. The summed E-state index contributed by atoms with van der Waals surface area (Å²) < 4.78 is 51.5. The van der Waals surface area contributed by atoms with Crippen molar-refractivity contribution in [3.05, 3.63) is 29.8 Å². The highest BCUT2D eigenvalue weighted by Crippen LogP contribution is 2.22. The highest BCUT2D eigenvalue weighted by Gasteiger charge is 2.32. The molecule has 1 aliphatic rings. The van der Waals surface area contributed by atoms with Crippen molar-refractivity contribution >= 4 is 10.0 Å². The van der Waals surface area contributed by atoms with Gasteiger partial charge in [-0.25, -0.2) is 17.2 Å². The van der Waals surface area contributed by atoms with Crippen LogP contribution in [0, 0.1) is 11.6 Å². The minimum Gasteiger partial charge on any atom is -0.316 e. The van der Waals surface area contributed by atoms with Crippen molar-refractivity contribution in [3.8, 4) is 0 Å². The van der Waals surface area contributed by atoms with Crippen LogP contribution in [0.1, 0.15) is 6.42 Å². The lowest BCUT2D eigenvalue weighted by Gasteiger charge is -2.16. The Morgan fingerprint density at radius 3 is 2.61 bits per heavy atom. The molecule has 18 heavy (non-hydrogen) atoms. The summed E-state index contributed by atoms with van der Waals surface area (Å²) in [7, 11) is -1.97. The molecule has 1 fully saturated rings. The van der Waals surface area contributed by atoms with Gasteiger partial charge in [-0.15, -0.1) is 0 Å². The minimum atomic E-state index is -3.73. The molecule has 1 unspecified atom stereocenters. The van der Waals surface area contributed by atoms with Crippen molar-refractivity contribution < 1.29 is 17.2 Å². The largest absolute Gasteiger partial charge is 0.316 e. The van der Waals surface area contributed by atoms with Crippen molar-refractivity contribution in [2.75, 3.05) is 20.1 Å². The Bertz CT molecular complexity index is 548. The van der Waals surface area contributed by atoms with Gasteiger partial charge in [0.1, 0.15) is 0 Å². The van der Waals surface area contributed by atoms with Crippen LogP contribution in [0.4, 0.5) is 8.78 Å². The van der Waals surface area contributed by atoms with Gasteiger partial charge in [0.05, 0.1) is 4.90 Å². The number of likely N-dealkylation sites (N-methyl/N-ethyl adjacent to an activating group) is 1. The van der Waals surface area contributed by atoms with E-state index in [2.05, 4.69) is 5.32 Å². The molecule has 1 N–H and O–H groups in total. The van der Waals surface area contributed by atoms with Crippen LogP contribution in [0.25, 0.3) is 0 Å². The molecular weight excluding hydrogens is 262 g/mol. The first-order valence-electron chi connectivity index (χ1n) is 5.57. The number of rotatable bonds is 3. The molecule has 0 radical (unpaired) electrons. The van der Waals surface area contributed by atoms with E-state index in [1.165, 1.54) is 4.31 Å². The van der Waals surface area contributed by atoms with Crippen LogP contribution < -0.4 is 5.32 Å². The Morgan fingerprint density at radius 2 is 2.06 bits per heavy atom. The Morgan fingerprint density at radius 1 is 1.33 bits per heavy atom. The van der Waals surface area contributed by atoms with E-state index in [0.717, 1.165) is 18.2 Å². The van der Waals surface area contributed by atoms with Crippen molar-refractivity contribution in [1.29, 1.82) is 0 Å². The molecule has 7 heteroatoms. The molecule has 0 spiro atoms. The fourth-order valence-electron chi connectivity index (χ4n) is 1.97. The number of benzene rings is 1. The van der Waals surface area contributed by atoms with Gasteiger partial charge in [-0.1, -0.05) is 0 Å². The fourth-order valence-corrected chi connectivity index (χ4v) is 3.48. The second kappa shape index (κ2) is 4.91. The smallest absolute Gasteiger partial charge is 0.243 e. The number of sulfonamides is 1. The lowest BCUT2D eigenvalue weighted by molar-refractivity contribution is 0.461. The quantitative estimate of drug-likeness (QED) is 0.894. The van der Waals surface area contributed by atoms with E-state index in [1.54, 1.807) is 7.05 Å². The number of halogens is 2. The minimum absolute atomic E-state index is 0.102. The molecule has 4 nitrogen and oxygen atoms in total. The van der Waals surface area contributed by atoms with Crippen LogP contribution in [0.2, 0.25) is 0 Å². The Labute approximate surface area is 105 Å². The molecular formula is C11H14F2N2O2S. The first-order chi connectivity index (χ1) is 8.45. The van der Waals surface area contributed by atoms with E-state index in [-0.39, 0.29) is 10.9 Å². The van der Waals surface area contributed by atoms with E-state index in [4.69, 9.17) is 0 Å². The first-order valence-corrected chi connectivity index (χ1v) is 7.01. The first kappa shape index (κ1) is 13.4. The van der Waals surface area contributed by atoms with Gasteiger partial charge in [-0.05, 0) is 31.7 Å². The summed E-state index contributed by atoms with van der Waals surface area (Å²) in [5.41, 5.74) is 0. The molecule has 0 saturated carbocycles. The Hall–Kier alpha value is -1.05. The SMILES string of the molecule is CNC1CCN(S(=O)(=O)c2ccc(F)c(F)c2)C1. The molecule has 1 aromatic carbocycles. The topological polar surface area (TPSA) is 49.4 Å². The van der Waals surface area contributed by atoms with E-state index >= 15 is 0 Å². The Balaban J connectivity index is 2.28. The van der Waals surface area contributed by atoms with Gasteiger partial charge in [0, 0.05) is 19.1 Å². The lowest BCUT2D eigenvalue weighted by atomic mass is 10.3. The van der Waals surface area contributed by atoms with Crippen molar-refractivity contribution in [1.82, 2.24) is 9.62 Å². The van der Waals surface area contributed by atoms with Gasteiger partial charge in [-0.2, -0.15) is 4.31 Å². The molecule has 1 aromatic rings. The number of nitrogens with zero attached hydrogens (tertiary/aromatic N) is 1. The van der Waals surface area contributed by atoms with E-state index in [9.17, 15) is 17.2 Å². The van der Waals surface area contributed by atoms with E-state index < -0.39 is 21.7 Å². The standard InChI is InChI=1S/C11H14F2N2O2S/c1-14-8-4-5-15(7-8)18(16,17)9-2-3-10(12)11(13)6-9/h2-3,6,8,14H,4-5,7H2,1H3. The molecule has 2 rings (SSSR count). The van der Waals surface area contributed by atoms with Crippen LogP contribution >= 0.6 is 0 Å². The summed E-state index contributed by atoms with van der Waals surface area (Å²) in [4.78, 5) is -0.210. The average Bonchev–Trinajstić information content (AvgIpc) is 2.81. The number of nitrogens with one attached hydrogen (secondary N) is 1. The summed E-state index contributed by atoms with van der Waals surface area (Å²) in [6, 6.07) is 2.73. The zero-order valence-corrected chi connectivity index (χ0v) is 10.7. The second-order valence-corrected chi connectivity index (χ2v) is 6.15. The molecule has 1 atom stereocenters. The third-order valence-electron chi connectivity index (χ3n) is 3.09. The van der Waals surface area contributed by atoms with Crippen LogP contribution in [0.3, 0.4) is 0 Å². The highest BCUT2D eigenvalue weighted by molar-refractivity contribution is 7.89. The van der Waals surface area contributed by atoms with Crippen LogP contribution in [0.5, 0.6) is 0 Å². The molecule has 0 aliphatic carbocycles. The van der Waals surface area contributed by atoms with Gasteiger partial charge in [0.25, 0.3) is 0 Å². The maximum Gasteiger partial charge on any atom is 0.243 e. The molecule has 0 amide bonds. The number of hydrogen-bond acceptors (Lipinski definition) is 3. The summed E-state index contributed by atoms with van der Waals surface area (Å²) in [6.07, 6.45) is 0.708.